The van der Waals surface area contributed by atoms with Gasteiger partial charge >= 0.3 is 0 Å². The first-order valence-corrected chi connectivity index (χ1v) is 10.9. The zero-order valence-corrected chi connectivity index (χ0v) is 18.8. The molecule has 1 amide bonds. The second kappa shape index (κ2) is 8.40. The highest BCUT2D eigenvalue weighted by Crippen LogP contribution is 2.38. The second-order valence-electron chi connectivity index (χ2n) is 8.31. The van der Waals surface area contributed by atoms with E-state index < -0.39 is 5.82 Å². The molecule has 170 valence electrons. The molecule has 2 aliphatic rings. The lowest BCUT2D eigenvalue weighted by Crippen LogP contribution is -2.50. The molecule has 0 spiro atoms. The predicted octanol–water partition coefficient (Wildman–Crippen LogP) is 2.95. The van der Waals surface area contributed by atoms with Crippen LogP contribution in [-0.4, -0.2) is 53.6 Å². The van der Waals surface area contributed by atoms with E-state index in [-0.39, 0.29) is 24.1 Å². The van der Waals surface area contributed by atoms with E-state index in [0.717, 1.165) is 25.3 Å². The predicted molar refractivity (Wildman–Crippen MR) is 123 cm³/mol. The second-order valence-corrected chi connectivity index (χ2v) is 8.31. The Morgan fingerprint density at radius 1 is 1.24 bits per heavy atom. The maximum Gasteiger partial charge on any atom is 0.260 e. The Morgan fingerprint density at radius 3 is 2.88 bits per heavy atom. The van der Waals surface area contributed by atoms with Crippen LogP contribution in [0.5, 0.6) is 5.75 Å². The summed E-state index contributed by atoms with van der Waals surface area (Å²) in [4.78, 5) is 30.9. The van der Waals surface area contributed by atoms with Gasteiger partial charge in [0.25, 0.3) is 5.91 Å². The first-order valence-electron chi connectivity index (χ1n) is 10.9. The van der Waals surface area contributed by atoms with Crippen molar-refractivity contribution in [3.8, 4) is 17.0 Å². The Bertz CT molecular complexity index is 1230. The lowest BCUT2D eigenvalue weighted by Gasteiger charge is -2.34. The third-order valence-corrected chi connectivity index (χ3v) is 6.14. The van der Waals surface area contributed by atoms with E-state index >= 15 is 0 Å². The van der Waals surface area contributed by atoms with Gasteiger partial charge in [-0.2, -0.15) is 4.98 Å². The Balaban J connectivity index is 1.55. The van der Waals surface area contributed by atoms with Gasteiger partial charge in [0.15, 0.2) is 0 Å². The van der Waals surface area contributed by atoms with Crippen LogP contribution in [0.15, 0.2) is 36.5 Å². The zero-order valence-electron chi connectivity index (χ0n) is 18.8. The molecule has 1 unspecified atom stereocenters. The molecule has 4 heterocycles. The van der Waals surface area contributed by atoms with Gasteiger partial charge in [0.2, 0.25) is 5.95 Å². The number of halogens is 1. The summed E-state index contributed by atoms with van der Waals surface area (Å²) in [6, 6.07) is 8.34. The largest absolute Gasteiger partial charge is 0.496 e. The zero-order chi connectivity index (χ0) is 23.1. The number of rotatable bonds is 4. The number of nitrogens with one attached hydrogen (secondary N) is 1. The van der Waals surface area contributed by atoms with Crippen molar-refractivity contribution in [2.45, 2.75) is 26.4 Å². The fourth-order valence-corrected chi connectivity index (χ4v) is 4.47. The van der Waals surface area contributed by atoms with Gasteiger partial charge < -0.3 is 15.0 Å². The van der Waals surface area contributed by atoms with E-state index in [1.54, 1.807) is 29.2 Å². The fourth-order valence-electron chi connectivity index (χ4n) is 4.47. The minimum atomic E-state index is -0.450. The van der Waals surface area contributed by atoms with E-state index in [9.17, 15) is 9.18 Å². The Labute approximate surface area is 191 Å². The molecule has 1 atom stereocenters. The lowest BCUT2D eigenvalue weighted by atomic mass is 10.0. The SMILES string of the molecule is COc1cccc(F)c1-c1nccc2c1CN(c1cc(C)nc(N3CCNCC3C)n1)C2=O. The van der Waals surface area contributed by atoms with Crippen LogP contribution in [0.4, 0.5) is 16.2 Å². The number of piperazine rings is 1. The van der Waals surface area contributed by atoms with E-state index in [2.05, 4.69) is 27.1 Å². The highest BCUT2D eigenvalue weighted by Gasteiger charge is 2.34. The van der Waals surface area contributed by atoms with Crippen molar-refractivity contribution in [3.05, 3.63) is 59.2 Å². The number of aryl methyl sites for hydroxylation is 1. The number of amides is 1. The van der Waals surface area contributed by atoms with Gasteiger partial charge in [-0.05, 0) is 32.0 Å². The van der Waals surface area contributed by atoms with Crippen molar-refractivity contribution in [2.24, 2.45) is 0 Å². The maximum atomic E-state index is 14.8. The summed E-state index contributed by atoms with van der Waals surface area (Å²) in [7, 11) is 1.49. The van der Waals surface area contributed by atoms with Crippen LogP contribution in [0.3, 0.4) is 0 Å². The van der Waals surface area contributed by atoms with Crippen molar-refractivity contribution < 1.29 is 13.9 Å². The molecule has 1 N–H and O–H groups in total. The molecule has 2 aromatic heterocycles. The average Bonchev–Trinajstić information content (AvgIpc) is 3.15. The van der Waals surface area contributed by atoms with E-state index in [4.69, 9.17) is 9.72 Å². The van der Waals surface area contributed by atoms with Crippen LogP contribution in [0.2, 0.25) is 0 Å². The molecular formula is C24H25FN6O2. The number of benzene rings is 1. The topological polar surface area (TPSA) is 83.5 Å². The monoisotopic (exact) mass is 448 g/mol. The minimum Gasteiger partial charge on any atom is -0.496 e. The van der Waals surface area contributed by atoms with Crippen molar-refractivity contribution in [1.82, 2.24) is 20.3 Å². The van der Waals surface area contributed by atoms with Crippen LogP contribution in [0.1, 0.15) is 28.5 Å². The van der Waals surface area contributed by atoms with Crippen LogP contribution in [0.25, 0.3) is 11.3 Å². The number of fused-ring (bicyclic) bond motifs is 1. The fraction of sp³-hybridized carbons (Fsp3) is 0.333. The Morgan fingerprint density at radius 2 is 2.09 bits per heavy atom. The summed E-state index contributed by atoms with van der Waals surface area (Å²) in [5.74, 6) is 0.859. The number of aromatic nitrogens is 3. The molecule has 9 heteroatoms. The molecule has 0 saturated carbocycles. The standard InChI is InChI=1S/C24H25FN6O2/c1-14-11-20(29-24(28-14)30-10-9-26-12-15(30)2)31-13-17-16(23(31)32)7-8-27-22(17)21-18(25)5-4-6-19(21)33-3/h4-8,11,15,26H,9-10,12-13H2,1-3H3. The average molecular weight is 449 g/mol. The van der Waals surface area contributed by atoms with Gasteiger partial charge in [-0.3, -0.25) is 14.7 Å². The maximum absolute atomic E-state index is 14.8. The van der Waals surface area contributed by atoms with Gasteiger partial charge in [0, 0.05) is 54.8 Å². The molecule has 1 fully saturated rings. The minimum absolute atomic E-state index is 0.193. The van der Waals surface area contributed by atoms with Crippen molar-refractivity contribution in [3.63, 3.8) is 0 Å². The third kappa shape index (κ3) is 3.68. The van der Waals surface area contributed by atoms with E-state index in [1.807, 2.05) is 6.92 Å². The van der Waals surface area contributed by atoms with Crippen molar-refractivity contribution >= 4 is 17.7 Å². The van der Waals surface area contributed by atoms with Crippen LogP contribution in [0, 0.1) is 12.7 Å². The molecule has 0 bridgehead atoms. The first kappa shape index (κ1) is 21.3. The molecule has 3 aromatic rings. The number of nitrogens with zero attached hydrogens (tertiary/aromatic N) is 5. The van der Waals surface area contributed by atoms with Crippen molar-refractivity contribution in [1.29, 1.82) is 0 Å². The smallest absolute Gasteiger partial charge is 0.260 e. The molecule has 5 rings (SSSR count). The summed E-state index contributed by atoms with van der Waals surface area (Å²) < 4.78 is 20.2. The molecule has 0 aliphatic carbocycles. The number of hydrogen-bond donors (Lipinski definition) is 1. The van der Waals surface area contributed by atoms with Crippen molar-refractivity contribution in [2.75, 3.05) is 36.5 Å². The number of carbonyl (C=O) groups is 1. The lowest BCUT2D eigenvalue weighted by molar-refractivity contribution is 0.0996. The summed E-state index contributed by atoms with van der Waals surface area (Å²) in [5.41, 5.74) is 2.57. The normalized spacial score (nSPS) is 17.9. The molecule has 2 aliphatic heterocycles. The Hall–Kier alpha value is -3.59. The Kier molecular flexibility index (Phi) is 5.41. The number of methoxy groups -OCH3 is 1. The summed E-state index contributed by atoms with van der Waals surface area (Å²) in [5, 5.41) is 3.36. The molecular weight excluding hydrogens is 423 g/mol. The van der Waals surface area contributed by atoms with Crippen LogP contribution >= 0.6 is 0 Å². The van der Waals surface area contributed by atoms with Gasteiger partial charge in [0.05, 0.1) is 24.9 Å². The van der Waals surface area contributed by atoms with E-state index in [1.165, 1.54) is 19.4 Å². The van der Waals surface area contributed by atoms with Gasteiger partial charge in [-0.15, -0.1) is 0 Å². The number of hydrogen-bond acceptors (Lipinski definition) is 7. The first-order chi connectivity index (χ1) is 16.0. The summed E-state index contributed by atoms with van der Waals surface area (Å²) in [6.07, 6.45) is 1.53. The van der Waals surface area contributed by atoms with Gasteiger partial charge in [-0.25, -0.2) is 9.37 Å². The quantitative estimate of drug-likeness (QED) is 0.657. The molecule has 33 heavy (non-hydrogen) atoms. The van der Waals surface area contributed by atoms with Gasteiger partial charge in [-0.1, -0.05) is 6.07 Å². The number of pyridine rings is 1. The highest BCUT2D eigenvalue weighted by atomic mass is 19.1. The van der Waals surface area contributed by atoms with E-state index in [0.29, 0.717) is 34.3 Å². The molecule has 1 aromatic carbocycles. The number of ether oxygens (including phenoxy) is 1. The summed E-state index contributed by atoms with van der Waals surface area (Å²) in [6.45, 7) is 6.74. The van der Waals surface area contributed by atoms with Crippen LogP contribution in [-0.2, 0) is 6.54 Å². The molecule has 1 saturated heterocycles. The van der Waals surface area contributed by atoms with Gasteiger partial charge in [0.1, 0.15) is 17.4 Å². The summed E-state index contributed by atoms with van der Waals surface area (Å²) >= 11 is 0. The number of anilines is 2. The molecule has 0 radical (unpaired) electrons. The van der Waals surface area contributed by atoms with Crippen LogP contribution < -0.4 is 19.9 Å². The number of carbonyl (C=O) groups excluding carboxylic acids is 1. The third-order valence-electron chi connectivity index (χ3n) is 6.14. The highest BCUT2D eigenvalue weighted by molar-refractivity contribution is 6.10. The molecule has 8 nitrogen and oxygen atoms in total.